The van der Waals surface area contributed by atoms with Gasteiger partial charge in [-0.3, -0.25) is 4.79 Å². The number of aryl methyl sites for hydroxylation is 1. The normalized spacial score (nSPS) is 20.3. The number of hydrogen-bond acceptors (Lipinski definition) is 5. The fraction of sp³-hybridized carbons (Fsp3) is 0.500. The number of carbonyl (C=O) groups is 1. The van der Waals surface area contributed by atoms with E-state index in [0.717, 1.165) is 11.1 Å². The van der Waals surface area contributed by atoms with Gasteiger partial charge in [-0.15, -0.1) is 0 Å². The van der Waals surface area contributed by atoms with Crippen LogP contribution in [-0.2, 0) is 14.6 Å². The molecule has 23 heavy (non-hydrogen) atoms. The Hall–Kier alpha value is -1.89. The highest BCUT2D eigenvalue weighted by Gasteiger charge is 2.29. The Morgan fingerprint density at radius 3 is 2.78 bits per heavy atom. The largest absolute Gasteiger partial charge is 0.496 e. The van der Waals surface area contributed by atoms with Crippen LogP contribution in [0.15, 0.2) is 23.3 Å². The smallest absolute Gasteiger partial charge is 0.240 e. The molecule has 1 aromatic rings. The number of benzene rings is 1. The van der Waals surface area contributed by atoms with E-state index < -0.39 is 9.84 Å². The van der Waals surface area contributed by atoms with Crippen LogP contribution in [0, 0.1) is 12.8 Å². The monoisotopic (exact) mass is 338 g/mol. The molecular formula is C16H22N2O4S. The molecule has 126 valence electrons. The lowest BCUT2D eigenvalue weighted by Crippen LogP contribution is -2.22. The lowest BCUT2D eigenvalue weighted by molar-refractivity contribution is -0.121. The number of carbonyl (C=O) groups excluding carboxylic acids is 1. The van der Waals surface area contributed by atoms with Crippen molar-refractivity contribution in [2.45, 2.75) is 26.7 Å². The summed E-state index contributed by atoms with van der Waals surface area (Å²) < 4.78 is 28.1. The first-order valence-corrected chi connectivity index (χ1v) is 9.31. The van der Waals surface area contributed by atoms with Crippen LogP contribution >= 0.6 is 0 Å². The van der Waals surface area contributed by atoms with Crippen molar-refractivity contribution < 1.29 is 17.9 Å². The lowest BCUT2D eigenvalue weighted by Gasteiger charge is -2.10. The molecule has 1 N–H and O–H groups in total. The molecular weight excluding hydrogens is 316 g/mol. The number of sulfone groups is 1. The Labute approximate surface area is 136 Å². The fourth-order valence-corrected chi connectivity index (χ4v) is 4.51. The maximum absolute atomic E-state index is 11.9. The van der Waals surface area contributed by atoms with Gasteiger partial charge in [0.05, 0.1) is 24.3 Å². The molecule has 1 saturated heterocycles. The number of nitrogens with one attached hydrogen (secondary N) is 1. The molecule has 1 atom stereocenters. The third-order valence-corrected chi connectivity index (χ3v) is 5.73. The van der Waals surface area contributed by atoms with E-state index in [9.17, 15) is 13.2 Å². The highest BCUT2D eigenvalue weighted by molar-refractivity contribution is 7.91. The number of rotatable bonds is 5. The van der Waals surface area contributed by atoms with Crippen molar-refractivity contribution in [2.24, 2.45) is 11.0 Å². The van der Waals surface area contributed by atoms with E-state index in [-0.39, 0.29) is 29.8 Å². The zero-order valence-electron chi connectivity index (χ0n) is 13.6. The summed E-state index contributed by atoms with van der Waals surface area (Å²) in [4.78, 5) is 11.9. The zero-order valence-corrected chi connectivity index (χ0v) is 14.4. The third kappa shape index (κ3) is 4.79. The second kappa shape index (κ2) is 7.12. The number of methoxy groups -OCH3 is 1. The van der Waals surface area contributed by atoms with Crippen molar-refractivity contribution in [2.75, 3.05) is 18.6 Å². The quantitative estimate of drug-likeness (QED) is 0.654. The Kier molecular flexibility index (Phi) is 5.41. The molecule has 0 aromatic heterocycles. The van der Waals surface area contributed by atoms with E-state index in [0.29, 0.717) is 17.9 Å². The predicted octanol–water partition coefficient (Wildman–Crippen LogP) is 1.67. The van der Waals surface area contributed by atoms with Gasteiger partial charge in [-0.05, 0) is 38.3 Å². The van der Waals surface area contributed by atoms with Gasteiger partial charge in [0.15, 0.2) is 9.84 Å². The third-order valence-electron chi connectivity index (χ3n) is 3.89. The molecule has 0 spiro atoms. The van der Waals surface area contributed by atoms with Gasteiger partial charge in [-0.2, -0.15) is 5.10 Å². The minimum atomic E-state index is -2.96. The average Bonchev–Trinajstić information content (AvgIpc) is 2.83. The van der Waals surface area contributed by atoms with Crippen LogP contribution in [0.2, 0.25) is 0 Å². The van der Waals surface area contributed by atoms with Crippen LogP contribution in [0.4, 0.5) is 0 Å². The molecule has 2 rings (SSSR count). The second-order valence-corrected chi connectivity index (χ2v) is 8.14. The van der Waals surface area contributed by atoms with E-state index in [2.05, 4.69) is 10.5 Å². The number of amides is 1. The minimum absolute atomic E-state index is 0.0921. The zero-order chi connectivity index (χ0) is 17.0. The Morgan fingerprint density at radius 2 is 2.17 bits per heavy atom. The van der Waals surface area contributed by atoms with Gasteiger partial charge < -0.3 is 4.74 Å². The summed E-state index contributed by atoms with van der Waals surface area (Å²) in [6.45, 7) is 3.76. The standard InChI is InChI=1S/C16H22N2O4S/c1-11-4-5-15(22-3)14(8-11)12(2)17-18-16(19)9-13-6-7-23(20,21)10-13/h4-5,8,13H,6-7,9-10H2,1-3H3,(H,18,19)/b17-12-/t13-/m1/s1. The molecule has 0 radical (unpaired) electrons. The van der Waals surface area contributed by atoms with Crippen molar-refractivity contribution in [3.05, 3.63) is 29.3 Å². The average molecular weight is 338 g/mol. The van der Waals surface area contributed by atoms with Crippen LogP contribution in [0.3, 0.4) is 0 Å². The molecule has 1 amide bonds. The Morgan fingerprint density at radius 1 is 1.43 bits per heavy atom. The first-order chi connectivity index (χ1) is 10.8. The van der Waals surface area contributed by atoms with Crippen LogP contribution in [0.25, 0.3) is 0 Å². The van der Waals surface area contributed by atoms with Crippen molar-refractivity contribution in [1.29, 1.82) is 0 Å². The van der Waals surface area contributed by atoms with Gasteiger partial charge in [0.1, 0.15) is 5.75 Å². The van der Waals surface area contributed by atoms with Crippen molar-refractivity contribution in [3.8, 4) is 5.75 Å². The summed E-state index contributed by atoms with van der Waals surface area (Å²) in [5.41, 5.74) is 5.02. The fourth-order valence-electron chi connectivity index (χ4n) is 2.65. The van der Waals surface area contributed by atoms with E-state index in [4.69, 9.17) is 4.74 Å². The topological polar surface area (TPSA) is 84.8 Å². The molecule has 1 aliphatic rings. The molecule has 1 fully saturated rings. The molecule has 1 aliphatic heterocycles. The molecule has 0 aliphatic carbocycles. The Bertz CT molecular complexity index is 726. The summed E-state index contributed by atoms with van der Waals surface area (Å²) in [5.74, 6) is 0.581. The highest BCUT2D eigenvalue weighted by atomic mass is 32.2. The van der Waals surface area contributed by atoms with Gasteiger partial charge >= 0.3 is 0 Å². The SMILES string of the molecule is COc1ccc(C)cc1/C(C)=N\NC(=O)C[C@H]1CCS(=O)(=O)C1. The number of hydrogen-bond donors (Lipinski definition) is 1. The first-order valence-electron chi connectivity index (χ1n) is 7.49. The summed E-state index contributed by atoms with van der Waals surface area (Å²) >= 11 is 0. The predicted molar refractivity (Wildman–Crippen MR) is 89.5 cm³/mol. The lowest BCUT2D eigenvalue weighted by atomic mass is 10.1. The molecule has 7 heteroatoms. The maximum Gasteiger partial charge on any atom is 0.240 e. The van der Waals surface area contributed by atoms with E-state index in [1.807, 2.05) is 25.1 Å². The van der Waals surface area contributed by atoms with Gasteiger partial charge in [-0.1, -0.05) is 11.6 Å². The summed E-state index contributed by atoms with van der Waals surface area (Å²) in [5, 5.41) is 4.11. The number of hydrazone groups is 1. The molecule has 0 unspecified atom stereocenters. The van der Waals surface area contributed by atoms with Gasteiger partial charge in [-0.25, -0.2) is 13.8 Å². The van der Waals surface area contributed by atoms with Gasteiger partial charge in [0.2, 0.25) is 5.91 Å². The van der Waals surface area contributed by atoms with E-state index >= 15 is 0 Å². The van der Waals surface area contributed by atoms with Crippen molar-refractivity contribution in [1.82, 2.24) is 5.43 Å². The number of nitrogens with zero attached hydrogens (tertiary/aromatic N) is 1. The van der Waals surface area contributed by atoms with Gasteiger partial charge in [0.25, 0.3) is 0 Å². The molecule has 0 bridgehead atoms. The maximum atomic E-state index is 11.9. The molecule has 6 nitrogen and oxygen atoms in total. The van der Waals surface area contributed by atoms with Crippen LogP contribution in [0.1, 0.15) is 30.9 Å². The van der Waals surface area contributed by atoms with Crippen LogP contribution in [0.5, 0.6) is 5.75 Å². The Balaban J connectivity index is 1.99. The molecule has 1 heterocycles. The molecule has 1 aromatic carbocycles. The van der Waals surface area contributed by atoms with Gasteiger partial charge in [0, 0.05) is 12.0 Å². The van der Waals surface area contributed by atoms with E-state index in [1.54, 1.807) is 14.0 Å². The minimum Gasteiger partial charge on any atom is -0.496 e. The summed E-state index contributed by atoms with van der Waals surface area (Å²) in [6.07, 6.45) is 0.727. The summed E-state index contributed by atoms with van der Waals surface area (Å²) in [6, 6.07) is 5.73. The molecule has 0 saturated carbocycles. The van der Waals surface area contributed by atoms with Crippen molar-refractivity contribution in [3.63, 3.8) is 0 Å². The second-order valence-electron chi connectivity index (χ2n) is 5.91. The van der Waals surface area contributed by atoms with Crippen LogP contribution in [-0.4, -0.2) is 38.7 Å². The van der Waals surface area contributed by atoms with Crippen LogP contribution < -0.4 is 10.2 Å². The summed E-state index contributed by atoms with van der Waals surface area (Å²) in [7, 11) is -1.38. The highest BCUT2D eigenvalue weighted by Crippen LogP contribution is 2.22. The first kappa shape index (κ1) is 17.5. The van der Waals surface area contributed by atoms with E-state index in [1.165, 1.54) is 0 Å². The van der Waals surface area contributed by atoms with Crippen molar-refractivity contribution >= 4 is 21.5 Å². The number of ether oxygens (including phenoxy) is 1.